The van der Waals surface area contributed by atoms with Crippen molar-refractivity contribution in [1.29, 1.82) is 0 Å². The molecule has 3 nitrogen and oxygen atoms in total. The summed E-state index contributed by atoms with van der Waals surface area (Å²) in [4.78, 5) is 5.97. The van der Waals surface area contributed by atoms with Crippen molar-refractivity contribution in [1.82, 2.24) is 9.88 Å². The Morgan fingerprint density at radius 3 is 2.70 bits per heavy atom. The Hall–Kier alpha value is -2.26. The van der Waals surface area contributed by atoms with Crippen molar-refractivity contribution in [3.8, 4) is 5.75 Å². The highest BCUT2D eigenvalue weighted by Gasteiger charge is 2.07. The van der Waals surface area contributed by atoms with Crippen molar-refractivity contribution >= 4 is 10.9 Å². The van der Waals surface area contributed by atoms with Gasteiger partial charge in [-0.05, 0) is 41.8 Å². The first-order valence-electron chi connectivity index (χ1n) is 8.20. The largest absolute Gasteiger partial charge is 0.497 e. The molecule has 0 bridgehead atoms. The lowest BCUT2D eigenvalue weighted by Gasteiger charge is -2.20. The molecule has 1 N–H and O–H groups in total. The van der Waals surface area contributed by atoms with Crippen molar-refractivity contribution in [2.45, 2.75) is 19.9 Å². The number of hydrogen-bond donors (Lipinski definition) is 1. The molecule has 3 aromatic rings. The molecule has 0 amide bonds. The summed E-state index contributed by atoms with van der Waals surface area (Å²) in [5.41, 5.74) is 3.82. The first-order valence-corrected chi connectivity index (χ1v) is 8.20. The Labute approximate surface area is 137 Å². The van der Waals surface area contributed by atoms with Crippen LogP contribution in [0.25, 0.3) is 10.9 Å². The van der Waals surface area contributed by atoms with Gasteiger partial charge < -0.3 is 9.72 Å². The highest BCUT2D eigenvalue weighted by Crippen LogP contribution is 2.17. The van der Waals surface area contributed by atoms with E-state index < -0.39 is 0 Å². The van der Waals surface area contributed by atoms with Gasteiger partial charge in [-0.3, -0.25) is 4.90 Å². The smallest absolute Gasteiger partial charge is 0.119 e. The minimum Gasteiger partial charge on any atom is -0.497 e. The van der Waals surface area contributed by atoms with Crippen molar-refractivity contribution in [3.63, 3.8) is 0 Å². The van der Waals surface area contributed by atoms with Crippen LogP contribution in [0.3, 0.4) is 0 Å². The van der Waals surface area contributed by atoms with Gasteiger partial charge in [-0.15, -0.1) is 0 Å². The van der Waals surface area contributed by atoms with Crippen LogP contribution in [0.4, 0.5) is 0 Å². The van der Waals surface area contributed by atoms with Crippen molar-refractivity contribution < 1.29 is 4.74 Å². The first-order chi connectivity index (χ1) is 11.3. The molecule has 1 aromatic heterocycles. The Bertz CT molecular complexity index is 730. The number of likely N-dealkylation sites (N-methyl/N-ethyl adjacent to an activating group) is 1. The monoisotopic (exact) mass is 308 g/mol. The third-order valence-corrected chi connectivity index (χ3v) is 4.27. The molecule has 0 aliphatic carbocycles. The van der Waals surface area contributed by atoms with Crippen LogP contribution in [-0.2, 0) is 13.0 Å². The summed E-state index contributed by atoms with van der Waals surface area (Å²) in [5.74, 6) is 0.925. The quantitative estimate of drug-likeness (QED) is 0.707. The van der Waals surface area contributed by atoms with E-state index in [2.05, 4.69) is 65.3 Å². The molecule has 0 aliphatic heterocycles. The number of aromatic nitrogens is 1. The summed E-state index contributed by atoms with van der Waals surface area (Å²) >= 11 is 0. The summed E-state index contributed by atoms with van der Waals surface area (Å²) < 4.78 is 5.31. The van der Waals surface area contributed by atoms with E-state index in [1.165, 1.54) is 22.2 Å². The zero-order valence-corrected chi connectivity index (χ0v) is 13.9. The fourth-order valence-corrected chi connectivity index (χ4v) is 2.92. The lowest BCUT2D eigenvalue weighted by atomic mass is 10.2. The van der Waals surface area contributed by atoms with Gasteiger partial charge in [0.2, 0.25) is 0 Å². The van der Waals surface area contributed by atoms with Crippen LogP contribution in [0.2, 0.25) is 0 Å². The predicted octanol–water partition coefficient (Wildman–Crippen LogP) is 4.24. The summed E-state index contributed by atoms with van der Waals surface area (Å²) in [5, 5.41) is 1.29. The Balaban J connectivity index is 1.62. The van der Waals surface area contributed by atoms with E-state index in [0.717, 1.165) is 31.8 Å². The second-order valence-electron chi connectivity index (χ2n) is 5.85. The highest BCUT2D eigenvalue weighted by atomic mass is 16.5. The van der Waals surface area contributed by atoms with Gasteiger partial charge >= 0.3 is 0 Å². The molecule has 23 heavy (non-hydrogen) atoms. The van der Waals surface area contributed by atoms with Crippen LogP contribution >= 0.6 is 0 Å². The molecule has 0 radical (unpaired) electrons. The number of methoxy groups -OCH3 is 1. The fraction of sp³-hybridized carbons (Fsp3) is 0.300. The Morgan fingerprint density at radius 2 is 1.91 bits per heavy atom. The molecule has 0 spiro atoms. The SMILES string of the molecule is CCN(CCc1cc2ccccc2[nH]1)Cc1cccc(OC)c1. The number of hydrogen-bond acceptors (Lipinski definition) is 2. The number of nitrogens with zero attached hydrogens (tertiary/aromatic N) is 1. The number of para-hydroxylation sites is 1. The number of benzene rings is 2. The van der Waals surface area contributed by atoms with E-state index in [-0.39, 0.29) is 0 Å². The number of H-pyrrole nitrogens is 1. The van der Waals surface area contributed by atoms with Crippen LogP contribution < -0.4 is 4.74 Å². The molecule has 0 atom stereocenters. The zero-order chi connectivity index (χ0) is 16.1. The van der Waals surface area contributed by atoms with E-state index in [4.69, 9.17) is 4.74 Å². The normalized spacial score (nSPS) is 11.3. The van der Waals surface area contributed by atoms with Gasteiger partial charge in [0.15, 0.2) is 0 Å². The van der Waals surface area contributed by atoms with E-state index in [1.54, 1.807) is 7.11 Å². The Morgan fingerprint density at radius 1 is 1.04 bits per heavy atom. The van der Waals surface area contributed by atoms with Crippen LogP contribution in [0.15, 0.2) is 54.6 Å². The van der Waals surface area contributed by atoms with Crippen molar-refractivity contribution in [2.75, 3.05) is 20.2 Å². The van der Waals surface area contributed by atoms with Crippen LogP contribution in [0, 0.1) is 0 Å². The summed E-state index contributed by atoms with van der Waals surface area (Å²) in [7, 11) is 1.71. The lowest BCUT2D eigenvalue weighted by molar-refractivity contribution is 0.282. The summed E-state index contributed by atoms with van der Waals surface area (Å²) in [6.07, 6.45) is 1.03. The van der Waals surface area contributed by atoms with Crippen LogP contribution in [-0.4, -0.2) is 30.1 Å². The predicted molar refractivity (Wildman–Crippen MR) is 95.9 cm³/mol. The molecule has 0 saturated heterocycles. The molecule has 0 unspecified atom stereocenters. The highest BCUT2D eigenvalue weighted by molar-refractivity contribution is 5.80. The number of nitrogens with one attached hydrogen (secondary N) is 1. The van der Waals surface area contributed by atoms with Gasteiger partial charge in [0.05, 0.1) is 7.11 Å². The summed E-state index contributed by atoms with van der Waals surface area (Å²) in [6, 6.07) is 19.0. The average Bonchev–Trinajstić information content (AvgIpc) is 3.01. The maximum absolute atomic E-state index is 5.31. The van der Waals surface area contributed by atoms with Gasteiger partial charge in [-0.1, -0.05) is 37.3 Å². The standard InChI is InChI=1S/C20H24N2O/c1-3-22(15-16-7-6-9-19(13-16)23-2)12-11-18-14-17-8-4-5-10-20(17)21-18/h4-10,13-14,21H,3,11-12,15H2,1-2H3. The fourth-order valence-electron chi connectivity index (χ4n) is 2.92. The minimum absolute atomic E-state index is 0.925. The molecule has 1 heterocycles. The number of ether oxygens (including phenoxy) is 1. The van der Waals surface area contributed by atoms with Gasteiger partial charge in [-0.2, -0.15) is 0 Å². The maximum atomic E-state index is 5.31. The summed E-state index contributed by atoms with van der Waals surface area (Å²) in [6.45, 7) is 5.25. The van der Waals surface area contributed by atoms with E-state index in [1.807, 2.05) is 6.07 Å². The minimum atomic E-state index is 0.925. The molecule has 120 valence electrons. The van der Waals surface area contributed by atoms with Crippen LogP contribution in [0.5, 0.6) is 5.75 Å². The lowest BCUT2D eigenvalue weighted by Crippen LogP contribution is -2.25. The maximum Gasteiger partial charge on any atom is 0.119 e. The second kappa shape index (κ2) is 7.34. The van der Waals surface area contributed by atoms with E-state index in [0.29, 0.717) is 0 Å². The average molecular weight is 308 g/mol. The van der Waals surface area contributed by atoms with Gasteiger partial charge in [0.1, 0.15) is 5.75 Å². The van der Waals surface area contributed by atoms with E-state index >= 15 is 0 Å². The van der Waals surface area contributed by atoms with Crippen molar-refractivity contribution in [3.05, 3.63) is 65.9 Å². The first kappa shape index (κ1) is 15.6. The molecular weight excluding hydrogens is 284 g/mol. The second-order valence-corrected chi connectivity index (χ2v) is 5.85. The number of rotatable bonds is 7. The molecular formula is C20H24N2O. The molecule has 0 saturated carbocycles. The third-order valence-electron chi connectivity index (χ3n) is 4.27. The van der Waals surface area contributed by atoms with Crippen LogP contribution in [0.1, 0.15) is 18.2 Å². The molecule has 0 fully saturated rings. The topological polar surface area (TPSA) is 28.3 Å². The molecule has 3 rings (SSSR count). The molecule has 2 aromatic carbocycles. The van der Waals surface area contributed by atoms with Crippen molar-refractivity contribution in [2.24, 2.45) is 0 Å². The Kier molecular flexibility index (Phi) is 4.99. The van der Waals surface area contributed by atoms with Gasteiger partial charge in [0.25, 0.3) is 0 Å². The van der Waals surface area contributed by atoms with Gasteiger partial charge in [-0.25, -0.2) is 0 Å². The number of fused-ring (bicyclic) bond motifs is 1. The zero-order valence-electron chi connectivity index (χ0n) is 13.9. The van der Waals surface area contributed by atoms with E-state index in [9.17, 15) is 0 Å². The molecule has 3 heteroatoms. The molecule has 0 aliphatic rings. The van der Waals surface area contributed by atoms with Gasteiger partial charge in [0, 0.05) is 30.7 Å². The number of aromatic amines is 1. The third kappa shape index (κ3) is 3.93.